The van der Waals surface area contributed by atoms with Gasteiger partial charge in [-0.15, -0.1) is 0 Å². The van der Waals surface area contributed by atoms with Crippen LogP contribution in [0.15, 0.2) is 36.5 Å². The summed E-state index contributed by atoms with van der Waals surface area (Å²) >= 11 is 0. The zero-order valence-corrected chi connectivity index (χ0v) is 22.6. The zero-order valence-electron chi connectivity index (χ0n) is 22.6. The van der Waals surface area contributed by atoms with Gasteiger partial charge in [0.25, 0.3) is 0 Å². The number of nitrogens with zero attached hydrogens (tertiary/aromatic N) is 3. The fourth-order valence-electron chi connectivity index (χ4n) is 5.16. The van der Waals surface area contributed by atoms with E-state index in [4.69, 9.17) is 15.2 Å². The van der Waals surface area contributed by atoms with E-state index in [-0.39, 0.29) is 42.5 Å². The van der Waals surface area contributed by atoms with Crippen LogP contribution in [0.3, 0.4) is 0 Å². The second-order valence-corrected chi connectivity index (χ2v) is 10.6. The molecule has 2 heterocycles. The maximum absolute atomic E-state index is 14.9. The fourth-order valence-corrected chi connectivity index (χ4v) is 5.16. The number of ether oxygens (including phenoxy) is 2. The third kappa shape index (κ3) is 7.01. The molecule has 9 heteroatoms. The van der Waals surface area contributed by atoms with Gasteiger partial charge < -0.3 is 25.0 Å². The van der Waals surface area contributed by atoms with E-state index in [1.165, 1.54) is 6.07 Å². The number of aromatic nitrogens is 1. The second kappa shape index (κ2) is 12.6. The Hall–Kier alpha value is -3.20. The summed E-state index contributed by atoms with van der Waals surface area (Å²) in [7, 11) is 1.79. The van der Waals surface area contributed by atoms with Crippen LogP contribution in [0.5, 0.6) is 5.88 Å². The summed E-state index contributed by atoms with van der Waals surface area (Å²) in [6.07, 6.45) is 6.76. The molecule has 2 amide bonds. The minimum Gasteiger partial charge on any atom is -0.474 e. The van der Waals surface area contributed by atoms with Crippen molar-refractivity contribution in [3.05, 3.63) is 47.9 Å². The monoisotopic (exact) mass is 526 g/mol. The summed E-state index contributed by atoms with van der Waals surface area (Å²) < 4.78 is 26.2. The Morgan fingerprint density at radius 3 is 2.39 bits per heavy atom. The Morgan fingerprint density at radius 2 is 1.79 bits per heavy atom. The van der Waals surface area contributed by atoms with Gasteiger partial charge in [0, 0.05) is 44.0 Å². The zero-order chi connectivity index (χ0) is 27.2. The van der Waals surface area contributed by atoms with Gasteiger partial charge in [0.2, 0.25) is 11.8 Å². The quantitative estimate of drug-likeness (QED) is 0.542. The second-order valence-electron chi connectivity index (χ2n) is 10.6. The molecule has 2 fully saturated rings. The van der Waals surface area contributed by atoms with E-state index in [0.29, 0.717) is 17.0 Å². The van der Waals surface area contributed by atoms with Crippen LogP contribution < -0.4 is 10.5 Å². The van der Waals surface area contributed by atoms with E-state index >= 15 is 0 Å². The molecular formula is C29H39FN4O4. The minimum atomic E-state index is -0.740. The van der Waals surface area contributed by atoms with Crippen molar-refractivity contribution in [3.63, 3.8) is 0 Å². The van der Waals surface area contributed by atoms with Gasteiger partial charge in [-0.2, -0.15) is 0 Å². The summed E-state index contributed by atoms with van der Waals surface area (Å²) in [5, 5.41) is 0. The summed E-state index contributed by atoms with van der Waals surface area (Å²) in [6.45, 7) is 5.15. The first-order chi connectivity index (χ1) is 18.2. The molecule has 1 aliphatic heterocycles. The normalized spacial score (nSPS) is 20.3. The molecule has 1 saturated carbocycles. The van der Waals surface area contributed by atoms with Gasteiger partial charge in [0.15, 0.2) is 0 Å². The highest BCUT2D eigenvalue weighted by atomic mass is 19.1. The van der Waals surface area contributed by atoms with Crippen LogP contribution in [0.25, 0.3) is 11.1 Å². The van der Waals surface area contributed by atoms with E-state index in [2.05, 4.69) is 4.98 Å². The van der Waals surface area contributed by atoms with Gasteiger partial charge in [-0.25, -0.2) is 14.2 Å². The van der Waals surface area contributed by atoms with Crippen LogP contribution in [0.1, 0.15) is 57.9 Å². The van der Waals surface area contributed by atoms with Crippen molar-refractivity contribution in [2.75, 3.05) is 20.1 Å². The molecule has 1 unspecified atom stereocenters. The van der Waals surface area contributed by atoms with E-state index in [0.717, 1.165) is 57.2 Å². The summed E-state index contributed by atoms with van der Waals surface area (Å²) in [4.78, 5) is 32.5. The van der Waals surface area contributed by atoms with E-state index in [1.54, 1.807) is 35.2 Å². The first-order valence-corrected chi connectivity index (χ1v) is 13.6. The van der Waals surface area contributed by atoms with E-state index in [9.17, 15) is 14.0 Å². The number of benzene rings is 1. The molecule has 0 spiro atoms. The smallest absolute Gasteiger partial charge is 0.410 e. The van der Waals surface area contributed by atoms with Crippen LogP contribution in [-0.2, 0) is 16.0 Å². The van der Waals surface area contributed by atoms with Gasteiger partial charge in [0.05, 0.1) is 12.1 Å². The van der Waals surface area contributed by atoms with Crippen molar-refractivity contribution in [3.8, 4) is 17.0 Å². The van der Waals surface area contributed by atoms with Crippen molar-refractivity contribution in [1.29, 1.82) is 0 Å². The van der Waals surface area contributed by atoms with Crippen molar-refractivity contribution in [1.82, 2.24) is 14.8 Å². The molecule has 1 atom stereocenters. The highest BCUT2D eigenvalue weighted by Gasteiger charge is 2.29. The standard InChI is InChI=1S/C29H39FN4O4/c1-19(2)37-29(36)33(3)23-9-11-24(12-10-23)38-27-13-8-22(18-32-27)20-6-7-21(25(30)16-20)17-26(31)28(35)34-14-4-5-15-34/h6-8,13,16,18-19,23-24,26H,4-5,9-12,14-15,17,31H2,1-3H3. The number of amides is 2. The lowest BCUT2D eigenvalue weighted by molar-refractivity contribution is -0.131. The molecular weight excluding hydrogens is 487 g/mol. The van der Waals surface area contributed by atoms with Crippen LogP contribution >= 0.6 is 0 Å². The van der Waals surface area contributed by atoms with Crippen molar-refractivity contribution < 1.29 is 23.5 Å². The van der Waals surface area contributed by atoms with Crippen molar-refractivity contribution >= 4 is 12.0 Å². The fraction of sp³-hybridized carbons (Fsp3) is 0.552. The molecule has 0 radical (unpaired) electrons. The van der Waals surface area contributed by atoms with Crippen molar-refractivity contribution in [2.45, 2.75) is 83.1 Å². The van der Waals surface area contributed by atoms with Gasteiger partial charge >= 0.3 is 6.09 Å². The van der Waals surface area contributed by atoms with Gasteiger partial charge in [-0.1, -0.05) is 12.1 Å². The predicted octanol–water partition coefficient (Wildman–Crippen LogP) is 4.55. The van der Waals surface area contributed by atoms with Gasteiger partial charge in [-0.05, 0) is 82.1 Å². The highest BCUT2D eigenvalue weighted by Crippen LogP contribution is 2.28. The topological polar surface area (TPSA) is 98.0 Å². The molecule has 1 saturated heterocycles. The Bertz CT molecular complexity index is 1100. The number of rotatable bonds is 8. The molecule has 38 heavy (non-hydrogen) atoms. The molecule has 4 rings (SSSR count). The highest BCUT2D eigenvalue weighted by molar-refractivity contribution is 5.82. The number of carbonyl (C=O) groups excluding carboxylic acids is 2. The van der Waals surface area contributed by atoms with Gasteiger partial charge in [0.1, 0.15) is 11.9 Å². The molecule has 8 nitrogen and oxygen atoms in total. The SMILES string of the molecule is CC(C)OC(=O)N(C)C1CCC(Oc2ccc(-c3ccc(CC(N)C(=O)N4CCCC4)c(F)c3)cn2)CC1. The summed E-state index contributed by atoms with van der Waals surface area (Å²) in [5.74, 6) is 0.0275. The number of halogens is 1. The average Bonchev–Trinajstić information content (AvgIpc) is 3.44. The molecule has 1 aliphatic carbocycles. The van der Waals surface area contributed by atoms with Gasteiger partial charge in [-0.3, -0.25) is 4.79 Å². The lowest BCUT2D eigenvalue weighted by Crippen LogP contribution is -2.43. The molecule has 2 aromatic rings. The molecule has 2 N–H and O–H groups in total. The first kappa shape index (κ1) is 27.8. The first-order valence-electron chi connectivity index (χ1n) is 13.6. The molecule has 206 valence electrons. The lowest BCUT2D eigenvalue weighted by Gasteiger charge is -2.34. The number of carbonyl (C=O) groups is 2. The largest absolute Gasteiger partial charge is 0.474 e. The molecule has 1 aromatic carbocycles. The predicted molar refractivity (Wildman–Crippen MR) is 143 cm³/mol. The number of pyridine rings is 1. The van der Waals surface area contributed by atoms with Crippen LogP contribution in [0.4, 0.5) is 9.18 Å². The Morgan fingerprint density at radius 1 is 1.11 bits per heavy atom. The van der Waals surface area contributed by atoms with E-state index < -0.39 is 6.04 Å². The third-order valence-corrected chi connectivity index (χ3v) is 7.40. The van der Waals surface area contributed by atoms with Crippen molar-refractivity contribution in [2.24, 2.45) is 5.73 Å². The molecule has 2 aliphatic rings. The maximum Gasteiger partial charge on any atom is 0.410 e. The summed E-state index contributed by atoms with van der Waals surface area (Å²) in [6, 6.07) is 8.04. The van der Waals surface area contributed by atoms with Crippen LogP contribution in [0.2, 0.25) is 0 Å². The Labute approximate surface area is 224 Å². The Balaban J connectivity index is 1.29. The number of nitrogens with two attached hydrogens (primary N) is 1. The summed E-state index contributed by atoms with van der Waals surface area (Å²) in [5.41, 5.74) is 7.99. The molecule has 1 aromatic heterocycles. The number of hydrogen-bond acceptors (Lipinski definition) is 6. The number of likely N-dealkylation sites (tertiary alicyclic amines) is 1. The maximum atomic E-state index is 14.9. The van der Waals surface area contributed by atoms with Crippen LogP contribution in [0, 0.1) is 5.82 Å². The van der Waals surface area contributed by atoms with E-state index in [1.807, 2.05) is 26.0 Å². The average molecular weight is 527 g/mol. The number of hydrogen-bond donors (Lipinski definition) is 1. The molecule has 0 bridgehead atoms. The third-order valence-electron chi connectivity index (χ3n) is 7.40. The Kier molecular flexibility index (Phi) is 9.20. The lowest BCUT2D eigenvalue weighted by atomic mass is 9.92. The minimum absolute atomic E-state index is 0.0309. The van der Waals surface area contributed by atoms with Crippen LogP contribution in [-0.4, -0.2) is 71.2 Å².